The van der Waals surface area contributed by atoms with Crippen LogP contribution in [-0.4, -0.2) is 46.0 Å². The van der Waals surface area contributed by atoms with Crippen LogP contribution in [0.2, 0.25) is 0 Å². The van der Waals surface area contributed by atoms with Crippen LogP contribution in [0.25, 0.3) is 11.4 Å². The lowest BCUT2D eigenvalue weighted by Crippen LogP contribution is -2.39. The van der Waals surface area contributed by atoms with Gasteiger partial charge in [-0.15, -0.1) is 0 Å². The fourth-order valence-corrected chi connectivity index (χ4v) is 2.15. The molecule has 2 aromatic rings. The fourth-order valence-electron chi connectivity index (χ4n) is 2.15. The van der Waals surface area contributed by atoms with Crippen molar-refractivity contribution in [2.24, 2.45) is 0 Å². The second-order valence-corrected chi connectivity index (χ2v) is 6.04. The van der Waals surface area contributed by atoms with E-state index in [2.05, 4.69) is 24.0 Å². The number of likely N-dealkylation sites (N-methyl/N-ethyl adjacent to an activating group) is 1. The summed E-state index contributed by atoms with van der Waals surface area (Å²) in [6.07, 6.45) is -7.06. The summed E-state index contributed by atoms with van der Waals surface area (Å²) < 4.78 is 42.1. The van der Waals surface area contributed by atoms with Crippen molar-refractivity contribution in [1.82, 2.24) is 15.0 Å². The van der Waals surface area contributed by atoms with Gasteiger partial charge in [-0.1, -0.05) is 43.3 Å². The molecule has 0 fully saturated rings. The highest BCUT2D eigenvalue weighted by atomic mass is 19.4. The molecule has 1 N–H and O–H groups in total. The standard InChI is InChI=1S/C16H20F3N3O2/c1-10(2)11-4-6-12(7-5-11)15-20-14(24-21-15)9-22(3)8-13(23)16(17,18)19/h4-7,10,13,23H,8-9H2,1-3H3. The summed E-state index contributed by atoms with van der Waals surface area (Å²) >= 11 is 0. The SMILES string of the molecule is CC(C)c1ccc(-c2noc(CN(C)CC(O)C(F)(F)F)n2)cc1. The zero-order chi connectivity index (χ0) is 17.9. The molecule has 24 heavy (non-hydrogen) atoms. The average molecular weight is 343 g/mol. The Bertz CT molecular complexity index is 653. The molecule has 1 aromatic heterocycles. The highest BCUT2D eigenvalue weighted by Gasteiger charge is 2.38. The van der Waals surface area contributed by atoms with Crippen LogP contribution in [0.5, 0.6) is 0 Å². The zero-order valence-corrected chi connectivity index (χ0v) is 13.7. The van der Waals surface area contributed by atoms with Crippen molar-refractivity contribution in [3.8, 4) is 11.4 Å². The van der Waals surface area contributed by atoms with Crippen molar-refractivity contribution in [3.63, 3.8) is 0 Å². The van der Waals surface area contributed by atoms with Crippen LogP contribution in [0.15, 0.2) is 28.8 Å². The number of aromatic nitrogens is 2. The van der Waals surface area contributed by atoms with Crippen LogP contribution in [-0.2, 0) is 6.54 Å². The second-order valence-electron chi connectivity index (χ2n) is 6.04. The van der Waals surface area contributed by atoms with Gasteiger partial charge in [0, 0.05) is 12.1 Å². The molecule has 0 saturated carbocycles. The molecule has 1 aromatic carbocycles. The van der Waals surface area contributed by atoms with E-state index in [1.165, 1.54) is 17.5 Å². The van der Waals surface area contributed by atoms with Crippen molar-refractivity contribution in [1.29, 1.82) is 0 Å². The number of aliphatic hydroxyl groups excluding tert-OH is 1. The van der Waals surface area contributed by atoms with Crippen LogP contribution < -0.4 is 0 Å². The van der Waals surface area contributed by atoms with Gasteiger partial charge < -0.3 is 9.63 Å². The summed E-state index contributed by atoms with van der Waals surface area (Å²) in [5.41, 5.74) is 1.95. The van der Waals surface area contributed by atoms with E-state index >= 15 is 0 Å². The van der Waals surface area contributed by atoms with E-state index in [0.29, 0.717) is 11.7 Å². The molecule has 0 aliphatic heterocycles. The topological polar surface area (TPSA) is 62.4 Å². The molecule has 0 aliphatic carbocycles. The fraction of sp³-hybridized carbons (Fsp3) is 0.500. The van der Waals surface area contributed by atoms with Crippen LogP contribution in [0.4, 0.5) is 13.2 Å². The number of aliphatic hydroxyl groups is 1. The zero-order valence-electron chi connectivity index (χ0n) is 13.7. The predicted molar refractivity (Wildman–Crippen MR) is 82.2 cm³/mol. The van der Waals surface area contributed by atoms with Gasteiger partial charge in [-0.05, 0) is 18.5 Å². The normalized spacial score (nSPS) is 13.7. The third-order valence-corrected chi connectivity index (χ3v) is 3.57. The number of alkyl halides is 3. The molecule has 2 rings (SSSR count). The van der Waals surface area contributed by atoms with Crippen molar-refractivity contribution in [2.45, 2.75) is 38.6 Å². The largest absolute Gasteiger partial charge is 0.415 e. The highest BCUT2D eigenvalue weighted by molar-refractivity contribution is 5.54. The van der Waals surface area contributed by atoms with Crippen LogP contribution >= 0.6 is 0 Å². The Morgan fingerprint density at radius 1 is 1.21 bits per heavy atom. The summed E-state index contributed by atoms with van der Waals surface area (Å²) in [5.74, 6) is 0.980. The van der Waals surface area contributed by atoms with Gasteiger partial charge in [-0.25, -0.2) is 0 Å². The maximum Gasteiger partial charge on any atom is 0.415 e. The second kappa shape index (κ2) is 7.31. The minimum absolute atomic E-state index is 0.0181. The first-order valence-corrected chi connectivity index (χ1v) is 7.53. The van der Waals surface area contributed by atoms with Gasteiger partial charge in [0.15, 0.2) is 6.10 Å². The average Bonchev–Trinajstić information content (AvgIpc) is 2.94. The van der Waals surface area contributed by atoms with Gasteiger partial charge in [0.05, 0.1) is 6.54 Å². The Morgan fingerprint density at radius 3 is 2.38 bits per heavy atom. The molecular formula is C16H20F3N3O2. The first kappa shape index (κ1) is 18.4. The van der Waals surface area contributed by atoms with Gasteiger partial charge in [-0.3, -0.25) is 4.90 Å². The maximum absolute atomic E-state index is 12.3. The molecule has 1 heterocycles. The number of rotatable bonds is 6. The lowest BCUT2D eigenvalue weighted by Gasteiger charge is -2.20. The molecule has 0 aliphatic rings. The summed E-state index contributed by atoms with van der Waals surface area (Å²) in [6.45, 7) is 3.63. The summed E-state index contributed by atoms with van der Waals surface area (Å²) in [6, 6.07) is 7.70. The predicted octanol–water partition coefficient (Wildman–Crippen LogP) is 3.22. The molecular weight excluding hydrogens is 323 g/mol. The van der Waals surface area contributed by atoms with Crippen LogP contribution in [0.1, 0.15) is 31.2 Å². The van der Waals surface area contributed by atoms with E-state index in [-0.39, 0.29) is 12.4 Å². The number of hydrogen-bond donors (Lipinski definition) is 1. The molecule has 1 atom stereocenters. The molecule has 0 bridgehead atoms. The Kier molecular flexibility index (Phi) is 5.61. The molecule has 8 heteroatoms. The van der Waals surface area contributed by atoms with Gasteiger partial charge in [0.2, 0.25) is 11.7 Å². The van der Waals surface area contributed by atoms with Crippen molar-refractivity contribution in [3.05, 3.63) is 35.7 Å². The molecule has 0 spiro atoms. The summed E-state index contributed by atoms with van der Waals surface area (Å²) in [7, 11) is 1.44. The number of nitrogens with zero attached hydrogens (tertiary/aromatic N) is 3. The molecule has 1 unspecified atom stereocenters. The Labute approximate surface area is 138 Å². The van der Waals surface area contributed by atoms with E-state index in [0.717, 1.165) is 5.56 Å². The first-order valence-electron chi connectivity index (χ1n) is 7.53. The lowest BCUT2D eigenvalue weighted by atomic mass is 10.0. The highest BCUT2D eigenvalue weighted by Crippen LogP contribution is 2.22. The lowest BCUT2D eigenvalue weighted by molar-refractivity contribution is -0.207. The molecule has 0 saturated heterocycles. The third-order valence-electron chi connectivity index (χ3n) is 3.57. The maximum atomic E-state index is 12.3. The summed E-state index contributed by atoms with van der Waals surface area (Å²) in [5, 5.41) is 12.9. The summed E-state index contributed by atoms with van der Waals surface area (Å²) in [4.78, 5) is 5.46. The minimum atomic E-state index is -4.65. The molecule has 132 valence electrons. The molecule has 5 nitrogen and oxygen atoms in total. The van der Waals surface area contributed by atoms with Gasteiger partial charge in [0.1, 0.15) is 0 Å². The molecule has 0 amide bonds. The van der Waals surface area contributed by atoms with Crippen LogP contribution in [0, 0.1) is 0 Å². The van der Waals surface area contributed by atoms with Gasteiger partial charge in [0.25, 0.3) is 0 Å². The van der Waals surface area contributed by atoms with E-state index in [4.69, 9.17) is 9.63 Å². The monoisotopic (exact) mass is 343 g/mol. The van der Waals surface area contributed by atoms with Crippen molar-refractivity contribution < 1.29 is 22.8 Å². The Morgan fingerprint density at radius 2 is 1.83 bits per heavy atom. The number of benzene rings is 1. The van der Waals surface area contributed by atoms with E-state index in [9.17, 15) is 13.2 Å². The number of halogens is 3. The van der Waals surface area contributed by atoms with E-state index in [1.54, 1.807) is 0 Å². The third kappa shape index (κ3) is 4.78. The quantitative estimate of drug-likeness (QED) is 0.873. The Hall–Kier alpha value is -1.93. The van der Waals surface area contributed by atoms with E-state index < -0.39 is 18.8 Å². The number of hydrogen-bond acceptors (Lipinski definition) is 5. The van der Waals surface area contributed by atoms with Gasteiger partial charge >= 0.3 is 6.18 Å². The minimum Gasteiger partial charge on any atom is -0.382 e. The van der Waals surface area contributed by atoms with Crippen LogP contribution in [0.3, 0.4) is 0 Å². The molecule has 0 radical (unpaired) electrons. The van der Waals surface area contributed by atoms with Gasteiger partial charge in [-0.2, -0.15) is 18.2 Å². The first-order chi connectivity index (χ1) is 11.2. The Balaban J connectivity index is 2.00. The van der Waals surface area contributed by atoms with Crippen molar-refractivity contribution >= 4 is 0 Å². The van der Waals surface area contributed by atoms with Crippen molar-refractivity contribution in [2.75, 3.05) is 13.6 Å². The smallest absolute Gasteiger partial charge is 0.382 e. The van der Waals surface area contributed by atoms with E-state index in [1.807, 2.05) is 24.3 Å².